The average Bonchev–Trinajstić information content (AvgIpc) is 3.18. The molecule has 0 atom stereocenters. The van der Waals surface area contributed by atoms with Crippen molar-refractivity contribution in [2.75, 3.05) is 46.5 Å². The summed E-state index contributed by atoms with van der Waals surface area (Å²) in [6, 6.07) is 6.81. The van der Waals surface area contributed by atoms with Gasteiger partial charge in [0.1, 0.15) is 5.75 Å². The number of hydrogen-bond donors (Lipinski definition) is 0. The van der Waals surface area contributed by atoms with Gasteiger partial charge in [0, 0.05) is 31.9 Å². The molecule has 0 bridgehead atoms. The van der Waals surface area contributed by atoms with Crippen molar-refractivity contribution in [1.82, 2.24) is 9.80 Å². The molecule has 1 aromatic carbocycles. The van der Waals surface area contributed by atoms with Gasteiger partial charge in [-0.15, -0.1) is 0 Å². The standard InChI is InChI=1S/C22H34N2O2/c1-25-21-5-4-19(16-20(21)18-23-10-2-3-11-23)17-24-12-6-22(7-13-24)8-14-26-15-9-22/h4-5,16H,2-3,6-15,17-18H2,1H3. The summed E-state index contributed by atoms with van der Waals surface area (Å²) in [5, 5.41) is 0. The van der Waals surface area contributed by atoms with Crippen LogP contribution in [0.1, 0.15) is 49.7 Å². The lowest BCUT2D eigenvalue weighted by atomic mass is 9.72. The maximum atomic E-state index is 5.62. The van der Waals surface area contributed by atoms with E-state index in [0.29, 0.717) is 5.41 Å². The van der Waals surface area contributed by atoms with Crippen LogP contribution in [-0.2, 0) is 17.8 Å². The first kappa shape index (κ1) is 18.3. The second kappa shape index (κ2) is 8.28. The molecule has 0 N–H and O–H groups in total. The fraction of sp³-hybridized carbons (Fsp3) is 0.727. The zero-order valence-corrected chi connectivity index (χ0v) is 16.3. The molecular weight excluding hydrogens is 324 g/mol. The summed E-state index contributed by atoms with van der Waals surface area (Å²) in [7, 11) is 1.79. The molecule has 0 radical (unpaired) electrons. The Hall–Kier alpha value is -1.10. The van der Waals surface area contributed by atoms with Crippen molar-refractivity contribution in [3.05, 3.63) is 29.3 Å². The predicted molar refractivity (Wildman–Crippen MR) is 105 cm³/mol. The zero-order valence-electron chi connectivity index (χ0n) is 16.3. The molecule has 0 aliphatic carbocycles. The van der Waals surface area contributed by atoms with E-state index in [1.54, 1.807) is 7.11 Å². The van der Waals surface area contributed by atoms with E-state index in [1.165, 1.54) is 75.8 Å². The smallest absolute Gasteiger partial charge is 0.123 e. The molecule has 3 saturated heterocycles. The topological polar surface area (TPSA) is 24.9 Å². The first-order valence-corrected chi connectivity index (χ1v) is 10.4. The predicted octanol–water partition coefficient (Wildman–Crippen LogP) is 3.68. The largest absolute Gasteiger partial charge is 0.496 e. The third-order valence-corrected chi connectivity index (χ3v) is 6.81. The van der Waals surface area contributed by atoms with E-state index < -0.39 is 0 Å². The number of methoxy groups -OCH3 is 1. The third kappa shape index (κ3) is 4.24. The van der Waals surface area contributed by atoms with Crippen molar-refractivity contribution < 1.29 is 9.47 Å². The minimum Gasteiger partial charge on any atom is -0.496 e. The van der Waals surface area contributed by atoms with Crippen LogP contribution in [0, 0.1) is 5.41 Å². The highest BCUT2D eigenvalue weighted by molar-refractivity contribution is 5.37. The molecule has 1 aromatic rings. The maximum absolute atomic E-state index is 5.62. The molecule has 144 valence electrons. The lowest BCUT2D eigenvalue weighted by molar-refractivity contribution is -0.0218. The van der Waals surface area contributed by atoms with Gasteiger partial charge in [-0.25, -0.2) is 0 Å². The van der Waals surface area contributed by atoms with Crippen molar-refractivity contribution in [3.8, 4) is 5.75 Å². The highest BCUT2D eigenvalue weighted by Crippen LogP contribution is 2.40. The van der Waals surface area contributed by atoms with E-state index in [2.05, 4.69) is 28.0 Å². The number of piperidine rings is 1. The number of likely N-dealkylation sites (tertiary alicyclic amines) is 2. The van der Waals surface area contributed by atoms with Crippen molar-refractivity contribution in [3.63, 3.8) is 0 Å². The summed E-state index contributed by atoms with van der Waals surface area (Å²) in [4.78, 5) is 5.19. The summed E-state index contributed by atoms with van der Waals surface area (Å²) in [5.41, 5.74) is 3.36. The summed E-state index contributed by atoms with van der Waals surface area (Å²) in [6.07, 6.45) is 7.89. The Morgan fingerprint density at radius 2 is 1.62 bits per heavy atom. The fourth-order valence-electron chi connectivity index (χ4n) is 4.98. The molecule has 4 heteroatoms. The quantitative estimate of drug-likeness (QED) is 0.802. The Bertz CT molecular complexity index is 582. The second-order valence-electron chi connectivity index (χ2n) is 8.52. The summed E-state index contributed by atoms with van der Waals surface area (Å²) in [5.74, 6) is 1.04. The minimum absolute atomic E-state index is 0.579. The van der Waals surface area contributed by atoms with Gasteiger partial charge in [-0.2, -0.15) is 0 Å². The van der Waals surface area contributed by atoms with Crippen molar-refractivity contribution in [1.29, 1.82) is 0 Å². The molecule has 3 aliphatic rings. The second-order valence-corrected chi connectivity index (χ2v) is 8.52. The van der Waals surface area contributed by atoms with E-state index in [9.17, 15) is 0 Å². The number of ether oxygens (including phenoxy) is 2. The van der Waals surface area contributed by atoms with E-state index in [0.717, 1.165) is 32.1 Å². The van der Waals surface area contributed by atoms with Crippen LogP contribution in [0.4, 0.5) is 0 Å². The lowest BCUT2D eigenvalue weighted by Crippen LogP contribution is -2.42. The highest BCUT2D eigenvalue weighted by Gasteiger charge is 2.35. The lowest BCUT2D eigenvalue weighted by Gasteiger charge is -2.44. The molecule has 1 spiro atoms. The molecule has 0 unspecified atom stereocenters. The Morgan fingerprint density at radius 1 is 0.923 bits per heavy atom. The molecule has 0 saturated carbocycles. The van der Waals surface area contributed by atoms with Crippen LogP contribution >= 0.6 is 0 Å². The normalized spacial score (nSPS) is 24.2. The fourth-order valence-corrected chi connectivity index (χ4v) is 4.98. The van der Waals surface area contributed by atoms with Crippen LogP contribution in [0.2, 0.25) is 0 Å². The van der Waals surface area contributed by atoms with Crippen molar-refractivity contribution in [2.45, 2.75) is 51.6 Å². The van der Waals surface area contributed by atoms with Gasteiger partial charge in [-0.05, 0) is 87.8 Å². The van der Waals surface area contributed by atoms with Crippen LogP contribution in [-0.4, -0.2) is 56.3 Å². The number of nitrogens with zero attached hydrogens (tertiary/aromatic N) is 2. The minimum atomic E-state index is 0.579. The molecule has 3 fully saturated rings. The number of benzene rings is 1. The monoisotopic (exact) mass is 358 g/mol. The zero-order chi connectivity index (χ0) is 17.8. The Labute approximate surface area is 158 Å². The van der Waals surface area contributed by atoms with Gasteiger partial charge in [0.15, 0.2) is 0 Å². The van der Waals surface area contributed by atoms with E-state index in [-0.39, 0.29) is 0 Å². The number of hydrogen-bond acceptors (Lipinski definition) is 4. The van der Waals surface area contributed by atoms with Crippen LogP contribution in [0.5, 0.6) is 5.75 Å². The molecule has 4 rings (SSSR count). The first-order chi connectivity index (χ1) is 12.8. The van der Waals surface area contributed by atoms with Gasteiger partial charge in [0.2, 0.25) is 0 Å². The Morgan fingerprint density at radius 3 is 2.31 bits per heavy atom. The van der Waals surface area contributed by atoms with Crippen LogP contribution in [0.3, 0.4) is 0 Å². The van der Waals surface area contributed by atoms with E-state index in [4.69, 9.17) is 9.47 Å². The van der Waals surface area contributed by atoms with Gasteiger partial charge < -0.3 is 9.47 Å². The molecule has 4 nitrogen and oxygen atoms in total. The Kier molecular flexibility index (Phi) is 5.82. The van der Waals surface area contributed by atoms with Crippen LogP contribution in [0.25, 0.3) is 0 Å². The molecule has 0 amide bonds. The van der Waals surface area contributed by atoms with Crippen LogP contribution in [0.15, 0.2) is 18.2 Å². The van der Waals surface area contributed by atoms with E-state index in [1.807, 2.05) is 0 Å². The van der Waals surface area contributed by atoms with Crippen molar-refractivity contribution >= 4 is 0 Å². The molecule has 3 heterocycles. The van der Waals surface area contributed by atoms with Gasteiger partial charge >= 0.3 is 0 Å². The maximum Gasteiger partial charge on any atom is 0.123 e. The van der Waals surface area contributed by atoms with Crippen molar-refractivity contribution in [2.24, 2.45) is 5.41 Å². The Balaban J connectivity index is 1.37. The first-order valence-electron chi connectivity index (χ1n) is 10.4. The van der Waals surface area contributed by atoms with Gasteiger partial charge in [-0.1, -0.05) is 6.07 Å². The molecule has 3 aliphatic heterocycles. The van der Waals surface area contributed by atoms with Gasteiger partial charge in [0.25, 0.3) is 0 Å². The highest BCUT2D eigenvalue weighted by atomic mass is 16.5. The summed E-state index contributed by atoms with van der Waals surface area (Å²) >= 11 is 0. The SMILES string of the molecule is COc1ccc(CN2CCC3(CCOCC3)CC2)cc1CN1CCCC1. The molecule has 26 heavy (non-hydrogen) atoms. The van der Waals surface area contributed by atoms with Gasteiger partial charge in [-0.3, -0.25) is 9.80 Å². The summed E-state index contributed by atoms with van der Waals surface area (Å²) in [6.45, 7) is 8.96. The molecule has 0 aromatic heterocycles. The summed E-state index contributed by atoms with van der Waals surface area (Å²) < 4.78 is 11.2. The molecular formula is C22H34N2O2. The average molecular weight is 359 g/mol. The van der Waals surface area contributed by atoms with E-state index >= 15 is 0 Å². The number of rotatable bonds is 5. The van der Waals surface area contributed by atoms with Crippen LogP contribution < -0.4 is 4.74 Å². The third-order valence-electron chi connectivity index (χ3n) is 6.81. The van der Waals surface area contributed by atoms with Gasteiger partial charge in [0.05, 0.1) is 7.11 Å².